The van der Waals surface area contributed by atoms with E-state index < -0.39 is 24.8 Å². The summed E-state index contributed by atoms with van der Waals surface area (Å²) in [5.41, 5.74) is -0.346. The number of likely N-dealkylation sites (tertiary alicyclic amines) is 1. The molecule has 0 bridgehead atoms. The minimum absolute atomic E-state index is 0.0853. The van der Waals surface area contributed by atoms with Crippen molar-refractivity contribution in [3.8, 4) is 11.5 Å². The predicted molar refractivity (Wildman–Crippen MR) is 200 cm³/mol. The van der Waals surface area contributed by atoms with E-state index in [2.05, 4.69) is 30.5 Å². The minimum Gasteiger partial charge on any atom is -0.493 e. The number of thiazole rings is 1. The SMILES string of the molecule is COc1cc2c(Nc3ncc(CC(=O)Nc4cccc(F)c4)s3)ncnc2cc1OCCCN1CCC[C@@H]1COP(=O)(OC(C)(C)C)OC(C)(C)C. The molecule has 0 spiro atoms. The van der Waals surface area contributed by atoms with Gasteiger partial charge in [0.1, 0.15) is 18.0 Å². The number of anilines is 3. The van der Waals surface area contributed by atoms with Gasteiger partial charge in [-0.15, -0.1) is 11.3 Å². The Morgan fingerprint density at radius 3 is 2.54 bits per heavy atom. The normalized spacial score (nSPS) is 15.6. The van der Waals surface area contributed by atoms with Crippen molar-refractivity contribution in [2.75, 3.05) is 44.0 Å². The molecule has 2 aromatic carbocycles. The lowest BCUT2D eigenvalue weighted by molar-refractivity contribution is -0.115. The number of halogens is 1. The zero-order valence-corrected chi connectivity index (χ0v) is 32.4. The van der Waals surface area contributed by atoms with Crippen molar-refractivity contribution < 1.29 is 36.8 Å². The van der Waals surface area contributed by atoms with E-state index in [1.165, 1.54) is 35.9 Å². The first-order valence-electron chi connectivity index (χ1n) is 17.2. The van der Waals surface area contributed by atoms with Crippen LogP contribution in [0.2, 0.25) is 0 Å². The average molecular weight is 759 g/mol. The van der Waals surface area contributed by atoms with Gasteiger partial charge >= 0.3 is 7.82 Å². The summed E-state index contributed by atoms with van der Waals surface area (Å²) in [5.74, 6) is 0.905. The second kappa shape index (κ2) is 17.0. The first-order valence-corrected chi connectivity index (χ1v) is 19.5. The van der Waals surface area contributed by atoms with E-state index in [0.717, 1.165) is 37.2 Å². The number of rotatable bonds is 16. The van der Waals surface area contributed by atoms with Gasteiger partial charge in [-0.1, -0.05) is 6.07 Å². The summed E-state index contributed by atoms with van der Waals surface area (Å²) in [6, 6.07) is 9.47. The number of hydrogen-bond acceptors (Lipinski definition) is 13. The maximum Gasteiger partial charge on any atom is 0.475 e. The highest BCUT2D eigenvalue weighted by Gasteiger charge is 2.38. The van der Waals surface area contributed by atoms with Crippen LogP contribution in [0.3, 0.4) is 0 Å². The number of methoxy groups -OCH3 is 1. The fourth-order valence-corrected chi connectivity index (χ4v) is 8.31. The van der Waals surface area contributed by atoms with Crippen LogP contribution in [-0.4, -0.2) is 76.4 Å². The number of hydrogen-bond donors (Lipinski definition) is 2. The maximum atomic E-state index is 13.5. The molecule has 1 amide bonds. The molecule has 4 aromatic rings. The molecule has 52 heavy (non-hydrogen) atoms. The second-order valence-corrected chi connectivity index (χ2v) is 17.1. The molecule has 0 aliphatic carbocycles. The first kappa shape index (κ1) is 39.5. The molecule has 3 heterocycles. The van der Waals surface area contributed by atoms with Gasteiger partial charge in [0.05, 0.1) is 43.5 Å². The molecule has 0 unspecified atom stereocenters. The summed E-state index contributed by atoms with van der Waals surface area (Å²) in [6.45, 7) is 13.3. The van der Waals surface area contributed by atoms with Crippen molar-refractivity contribution in [1.29, 1.82) is 0 Å². The average Bonchev–Trinajstić information content (AvgIpc) is 3.69. The van der Waals surface area contributed by atoms with Crippen LogP contribution in [0.4, 0.5) is 21.0 Å². The third-order valence-corrected chi connectivity index (χ3v) is 10.6. The van der Waals surface area contributed by atoms with Crippen molar-refractivity contribution in [2.45, 2.75) is 84.5 Å². The van der Waals surface area contributed by atoms with Crippen LogP contribution in [-0.2, 0) is 29.4 Å². The number of ether oxygens (including phenoxy) is 2. The van der Waals surface area contributed by atoms with Crippen LogP contribution in [0.25, 0.3) is 10.9 Å². The Bertz CT molecular complexity index is 1860. The topological polar surface area (TPSA) is 146 Å². The molecule has 1 fully saturated rings. The summed E-state index contributed by atoms with van der Waals surface area (Å²) < 4.78 is 56.4. The number of nitrogens with one attached hydrogen (secondary N) is 2. The van der Waals surface area contributed by atoms with E-state index in [-0.39, 0.29) is 25.0 Å². The Kier molecular flexibility index (Phi) is 12.9. The number of nitrogens with zero attached hydrogens (tertiary/aromatic N) is 4. The van der Waals surface area contributed by atoms with Crippen molar-refractivity contribution in [3.05, 3.63) is 59.6 Å². The first-order chi connectivity index (χ1) is 24.6. The van der Waals surface area contributed by atoms with Gasteiger partial charge < -0.3 is 20.1 Å². The number of phosphoric acid groups is 1. The highest BCUT2D eigenvalue weighted by atomic mass is 32.1. The molecule has 2 N–H and O–H groups in total. The monoisotopic (exact) mass is 758 g/mol. The molecule has 13 nitrogen and oxygen atoms in total. The predicted octanol–water partition coefficient (Wildman–Crippen LogP) is 8.15. The van der Waals surface area contributed by atoms with Gasteiger partial charge in [0.25, 0.3) is 0 Å². The smallest absolute Gasteiger partial charge is 0.475 e. The molecule has 5 rings (SSSR count). The summed E-state index contributed by atoms with van der Waals surface area (Å²) in [4.78, 5) is 28.8. The second-order valence-electron chi connectivity index (χ2n) is 14.4. The zero-order chi connectivity index (χ0) is 37.5. The Labute approximate surface area is 308 Å². The van der Waals surface area contributed by atoms with Gasteiger partial charge in [-0.05, 0) is 91.6 Å². The van der Waals surface area contributed by atoms with E-state index in [0.29, 0.717) is 45.6 Å². The summed E-state index contributed by atoms with van der Waals surface area (Å²) in [7, 11) is -2.21. The van der Waals surface area contributed by atoms with Gasteiger partial charge in [-0.2, -0.15) is 0 Å². The Balaban J connectivity index is 1.15. The van der Waals surface area contributed by atoms with Crippen LogP contribution < -0.4 is 20.1 Å². The van der Waals surface area contributed by atoms with E-state index in [1.807, 2.05) is 53.7 Å². The Morgan fingerprint density at radius 1 is 1.06 bits per heavy atom. The summed E-state index contributed by atoms with van der Waals surface area (Å²) >= 11 is 1.31. The van der Waals surface area contributed by atoms with Crippen molar-refractivity contribution in [2.24, 2.45) is 0 Å². The lowest BCUT2D eigenvalue weighted by Gasteiger charge is -2.32. The van der Waals surface area contributed by atoms with Gasteiger partial charge in [-0.3, -0.25) is 23.3 Å². The highest BCUT2D eigenvalue weighted by Crippen LogP contribution is 2.55. The lowest BCUT2D eigenvalue weighted by atomic mass is 10.2. The van der Waals surface area contributed by atoms with E-state index in [4.69, 9.17) is 23.0 Å². The molecular weight excluding hydrogens is 710 g/mol. The van der Waals surface area contributed by atoms with Crippen LogP contribution in [0.5, 0.6) is 11.5 Å². The largest absolute Gasteiger partial charge is 0.493 e. The van der Waals surface area contributed by atoms with E-state index in [1.54, 1.807) is 19.4 Å². The number of carbonyl (C=O) groups is 1. The van der Waals surface area contributed by atoms with Crippen molar-refractivity contribution in [1.82, 2.24) is 19.9 Å². The Morgan fingerprint density at radius 2 is 1.83 bits per heavy atom. The summed E-state index contributed by atoms with van der Waals surface area (Å²) in [6.07, 6.45) is 5.84. The van der Waals surface area contributed by atoms with Crippen LogP contribution in [0.1, 0.15) is 65.7 Å². The third-order valence-electron chi connectivity index (χ3n) is 7.69. The Hall–Kier alpha value is -3.72. The fraction of sp³-hybridized carbons (Fsp3) is 0.500. The van der Waals surface area contributed by atoms with E-state index in [9.17, 15) is 13.8 Å². The number of fused-ring (bicyclic) bond motifs is 1. The van der Waals surface area contributed by atoms with Crippen LogP contribution >= 0.6 is 19.2 Å². The van der Waals surface area contributed by atoms with Crippen LogP contribution in [0.15, 0.2) is 48.9 Å². The lowest BCUT2D eigenvalue weighted by Crippen LogP contribution is -2.35. The summed E-state index contributed by atoms with van der Waals surface area (Å²) in [5, 5.41) is 7.17. The van der Waals surface area contributed by atoms with Crippen molar-refractivity contribution >= 4 is 52.6 Å². The molecule has 0 radical (unpaired) electrons. The molecule has 1 aliphatic rings. The van der Waals surface area contributed by atoms with Crippen LogP contribution in [0, 0.1) is 5.82 Å². The fourth-order valence-electron chi connectivity index (χ4n) is 5.66. The van der Waals surface area contributed by atoms with E-state index >= 15 is 0 Å². The van der Waals surface area contributed by atoms with Gasteiger partial charge in [0, 0.05) is 40.8 Å². The quantitative estimate of drug-likeness (QED) is 0.0840. The molecule has 16 heteroatoms. The molecular formula is C36H48FN6O7PS. The standard InChI is InChI=1S/C36H48FN6O7PS/c1-35(2,3)49-51(45,50-36(4,5)6)48-22-26-13-9-14-43(26)15-10-16-47-31-20-29-28(19-30(31)46-7)33(40-23-39-29)42-34-38-21-27(52-34)18-32(44)41-25-12-8-11-24(37)17-25/h8,11-12,17,19-21,23,26H,9-10,13-16,18,22H2,1-7H3,(H,41,44)(H,38,39,40,42)/t26-/m1/s1. The number of phosphoric ester groups is 1. The van der Waals surface area contributed by atoms with Gasteiger partial charge in [0.15, 0.2) is 16.6 Å². The number of carbonyl (C=O) groups excluding carboxylic acids is 1. The highest BCUT2D eigenvalue weighted by molar-refractivity contribution is 7.48. The van der Waals surface area contributed by atoms with Gasteiger partial charge in [-0.25, -0.2) is 23.9 Å². The third kappa shape index (κ3) is 11.6. The molecule has 282 valence electrons. The number of aromatic nitrogens is 3. The molecule has 1 atom stereocenters. The maximum absolute atomic E-state index is 13.5. The molecule has 1 aliphatic heterocycles. The van der Waals surface area contributed by atoms with Crippen molar-refractivity contribution in [3.63, 3.8) is 0 Å². The van der Waals surface area contributed by atoms with Gasteiger partial charge in [0.2, 0.25) is 5.91 Å². The zero-order valence-electron chi connectivity index (χ0n) is 30.7. The minimum atomic E-state index is -3.79. The molecule has 1 saturated heterocycles. The number of amides is 1. The molecule has 0 saturated carbocycles. The number of benzene rings is 2. The molecule has 2 aromatic heterocycles.